The van der Waals surface area contributed by atoms with E-state index in [1.165, 1.54) is 11.1 Å². The molecule has 3 aromatic rings. The zero-order chi connectivity index (χ0) is 14.7. The third kappa shape index (κ3) is 3.34. The van der Waals surface area contributed by atoms with Crippen molar-refractivity contribution in [3.05, 3.63) is 53.6 Å². The van der Waals surface area contributed by atoms with Crippen LogP contribution in [0.2, 0.25) is 0 Å². The van der Waals surface area contributed by atoms with E-state index >= 15 is 0 Å². The van der Waals surface area contributed by atoms with Gasteiger partial charge >= 0.3 is 0 Å². The van der Waals surface area contributed by atoms with Crippen LogP contribution in [-0.4, -0.2) is 18.6 Å². The summed E-state index contributed by atoms with van der Waals surface area (Å²) in [6.45, 7) is 3.01. The maximum Gasteiger partial charge on any atom is 0.183 e. The molecule has 0 bridgehead atoms. The normalized spacial score (nSPS) is 10.8. The molecule has 4 heteroatoms. The lowest BCUT2D eigenvalue weighted by Crippen LogP contribution is -2.04. The van der Waals surface area contributed by atoms with Crippen molar-refractivity contribution >= 4 is 26.7 Å². The molecule has 0 radical (unpaired) electrons. The van der Waals surface area contributed by atoms with Crippen molar-refractivity contribution in [2.24, 2.45) is 0 Å². The standard InChI is InChI=1S/C17H18N2OS/c1-12-4-3-5-13(10-12)8-9-18-17-19-15-7-6-14(20-2)11-16(15)21-17/h3-7,10-11H,8-9H2,1-2H3,(H,18,19). The number of aromatic nitrogens is 1. The Morgan fingerprint density at radius 3 is 2.90 bits per heavy atom. The lowest BCUT2D eigenvalue weighted by atomic mass is 10.1. The summed E-state index contributed by atoms with van der Waals surface area (Å²) in [4.78, 5) is 4.59. The minimum absolute atomic E-state index is 0.873. The van der Waals surface area contributed by atoms with Gasteiger partial charge in [0.25, 0.3) is 0 Å². The third-order valence-corrected chi connectivity index (χ3v) is 4.34. The highest BCUT2D eigenvalue weighted by Gasteiger charge is 2.04. The molecule has 1 N–H and O–H groups in total. The zero-order valence-corrected chi connectivity index (χ0v) is 13.0. The van der Waals surface area contributed by atoms with Gasteiger partial charge in [0.2, 0.25) is 0 Å². The van der Waals surface area contributed by atoms with E-state index in [-0.39, 0.29) is 0 Å². The van der Waals surface area contributed by atoms with Crippen LogP contribution >= 0.6 is 11.3 Å². The van der Waals surface area contributed by atoms with Gasteiger partial charge in [0.15, 0.2) is 5.13 Å². The highest BCUT2D eigenvalue weighted by Crippen LogP contribution is 2.29. The Labute approximate surface area is 128 Å². The van der Waals surface area contributed by atoms with E-state index in [0.29, 0.717) is 0 Å². The quantitative estimate of drug-likeness (QED) is 0.764. The number of ether oxygens (including phenoxy) is 1. The van der Waals surface area contributed by atoms with Crippen LogP contribution < -0.4 is 10.1 Å². The molecule has 0 fully saturated rings. The average molecular weight is 298 g/mol. The number of nitrogens with one attached hydrogen (secondary N) is 1. The van der Waals surface area contributed by atoms with E-state index in [2.05, 4.69) is 41.5 Å². The second-order valence-electron chi connectivity index (χ2n) is 5.02. The van der Waals surface area contributed by atoms with Crippen molar-refractivity contribution in [1.82, 2.24) is 4.98 Å². The van der Waals surface area contributed by atoms with Crippen LogP contribution in [0.1, 0.15) is 11.1 Å². The molecule has 1 aromatic heterocycles. The number of rotatable bonds is 5. The summed E-state index contributed by atoms with van der Waals surface area (Å²) in [6.07, 6.45) is 1.00. The maximum absolute atomic E-state index is 5.24. The first-order valence-electron chi connectivity index (χ1n) is 6.98. The maximum atomic E-state index is 5.24. The largest absolute Gasteiger partial charge is 0.497 e. The number of thiazole rings is 1. The molecule has 0 unspecified atom stereocenters. The lowest BCUT2D eigenvalue weighted by molar-refractivity contribution is 0.415. The van der Waals surface area contributed by atoms with Gasteiger partial charge in [-0.15, -0.1) is 0 Å². The van der Waals surface area contributed by atoms with E-state index < -0.39 is 0 Å². The second-order valence-corrected chi connectivity index (χ2v) is 6.05. The molecular weight excluding hydrogens is 280 g/mol. The number of hydrogen-bond donors (Lipinski definition) is 1. The van der Waals surface area contributed by atoms with Crippen LogP contribution in [0.4, 0.5) is 5.13 Å². The third-order valence-electron chi connectivity index (χ3n) is 3.37. The number of hydrogen-bond acceptors (Lipinski definition) is 4. The van der Waals surface area contributed by atoms with Gasteiger partial charge in [0.05, 0.1) is 17.3 Å². The molecule has 0 aliphatic rings. The minimum Gasteiger partial charge on any atom is -0.497 e. The van der Waals surface area contributed by atoms with Crippen LogP contribution in [-0.2, 0) is 6.42 Å². The van der Waals surface area contributed by atoms with E-state index in [4.69, 9.17) is 4.74 Å². The van der Waals surface area contributed by atoms with Crippen molar-refractivity contribution in [2.45, 2.75) is 13.3 Å². The number of methoxy groups -OCH3 is 1. The van der Waals surface area contributed by atoms with Gasteiger partial charge in [0.1, 0.15) is 5.75 Å². The molecule has 0 saturated heterocycles. The van der Waals surface area contributed by atoms with Gasteiger partial charge in [-0.25, -0.2) is 4.98 Å². The number of nitrogens with zero attached hydrogens (tertiary/aromatic N) is 1. The molecule has 0 aliphatic heterocycles. The molecule has 2 aromatic carbocycles. The topological polar surface area (TPSA) is 34.1 Å². The van der Waals surface area contributed by atoms with Crippen LogP contribution in [0.3, 0.4) is 0 Å². The summed E-state index contributed by atoms with van der Waals surface area (Å²) in [5.41, 5.74) is 3.67. The van der Waals surface area contributed by atoms with Gasteiger partial charge in [0, 0.05) is 6.54 Å². The summed E-state index contributed by atoms with van der Waals surface area (Å²) in [7, 11) is 1.68. The fraction of sp³-hybridized carbons (Fsp3) is 0.235. The molecule has 0 aliphatic carbocycles. The van der Waals surface area contributed by atoms with Gasteiger partial charge in [-0.2, -0.15) is 0 Å². The van der Waals surface area contributed by atoms with Crippen molar-refractivity contribution in [3.63, 3.8) is 0 Å². The zero-order valence-electron chi connectivity index (χ0n) is 12.2. The molecule has 0 saturated carbocycles. The second kappa shape index (κ2) is 6.14. The van der Waals surface area contributed by atoms with Gasteiger partial charge in [-0.1, -0.05) is 41.2 Å². The Balaban J connectivity index is 1.65. The predicted molar refractivity (Wildman–Crippen MR) is 89.5 cm³/mol. The first kappa shape index (κ1) is 13.9. The Morgan fingerprint density at radius 1 is 1.19 bits per heavy atom. The fourth-order valence-electron chi connectivity index (χ4n) is 2.29. The Hall–Kier alpha value is -2.07. The van der Waals surface area contributed by atoms with Crippen molar-refractivity contribution in [2.75, 3.05) is 19.0 Å². The summed E-state index contributed by atoms with van der Waals surface area (Å²) in [6, 6.07) is 14.6. The minimum atomic E-state index is 0.873. The lowest BCUT2D eigenvalue weighted by Gasteiger charge is -2.03. The van der Waals surface area contributed by atoms with E-state index in [1.807, 2.05) is 18.2 Å². The van der Waals surface area contributed by atoms with E-state index in [1.54, 1.807) is 18.4 Å². The summed E-state index contributed by atoms with van der Waals surface area (Å²) >= 11 is 1.66. The SMILES string of the molecule is COc1ccc2nc(NCCc3cccc(C)c3)sc2c1. The molecular formula is C17H18N2OS. The Morgan fingerprint density at radius 2 is 2.10 bits per heavy atom. The Kier molecular flexibility index (Phi) is 4.06. The molecule has 21 heavy (non-hydrogen) atoms. The Bertz CT molecular complexity index is 751. The van der Waals surface area contributed by atoms with Crippen LogP contribution in [0, 0.1) is 6.92 Å². The molecule has 108 valence electrons. The molecule has 3 nitrogen and oxygen atoms in total. The van der Waals surface area contributed by atoms with Gasteiger partial charge in [-0.3, -0.25) is 0 Å². The molecule has 0 spiro atoms. The van der Waals surface area contributed by atoms with Crippen LogP contribution in [0.25, 0.3) is 10.2 Å². The van der Waals surface area contributed by atoms with Crippen LogP contribution in [0.5, 0.6) is 5.75 Å². The number of benzene rings is 2. The van der Waals surface area contributed by atoms with Crippen molar-refractivity contribution < 1.29 is 4.74 Å². The summed E-state index contributed by atoms with van der Waals surface area (Å²) in [5, 5.41) is 4.37. The van der Waals surface area contributed by atoms with E-state index in [9.17, 15) is 0 Å². The monoisotopic (exact) mass is 298 g/mol. The number of aryl methyl sites for hydroxylation is 1. The molecule has 0 amide bonds. The number of anilines is 1. The molecule has 0 atom stereocenters. The summed E-state index contributed by atoms with van der Waals surface area (Å²) < 4.78 is 6.39. The highest BCUT2D eigenvalue weighted by molar-refractivity contribution is 7.22. The van der Waals surface area contributed by atoms with Gasteiger partial charge in [-0.05, 0) is 37.1 Å². The smallest absolute Gasteiger partial charge is 0.183 e. The average Bonchev–Trinajstić information content (AvgIpc) is 2.89. The van der Waals surface area contributed by atoms with Crippen molar-refractivity contribution in [1.29, 1.82) is 0 Å². The molecule has 3 rings (SSSR count). The first-order valence-corrected chi connectivity index (χ1v) is 7.80. The number of fused-ring (bicyclic) bond motifs is 1. The van der Waals surface area contributed by atoms with Crippen molar-refractivity contribution in [3.8, 4) is 5.75 Å². The van der Waals surface area contributed by atoms with Crippen LogP contribution in [0.15, 0.2) is 42.5 Å². The fourth-order valence-corrected chi connectivity index (χ4v) is 3.21. The predicted octanol–water partition coefficient (Wildman–Crippen LogP) is 4.27. The van der Waals surface area contributed by atoms with Gasteiger partial charge < -0.3 is 10.1 Å². The van der Waals surface area contributed by atoms with E-state index in [0.717, 1.165) is 34.1 Å². The first-order chi connectivity index (χ1) is 10.2. The highest BCUT2D eigenvalue weighted by atomic mass is 32.1. The summed E-state index contributed by atoms with van der Waals surface area (Å²) in [5.74, 6) is 0.873. The molecule has 1 heterocycles.